The lowest BCUT2D eigenvalue weighted by Crippen LogP contribution is -1.85. The van der Waals surface area contributed by atoms with Crippen molar-refractivity contribution in [1.82, 2.24) is 0 Å². The van der Waals surface area contributed by atoms with Gasteiger partial charge in [-0.05, 0) is 19.3 Å². The zero-order valence-corrected chi connectivity index (χ0v) is 6.10. The van der Waals surface area contributed by atoms with Crippen LogP contribution in [0.4, 0.5) is 0 Å². The van der Waals surface area contributed by atoms with Gasteiger partial charge in [0.2, 0.25) is 0 Å². The molecule has 0 aromatic heterocycles. The third-order valence-corrected chi connectivity index (χ3v) is 1.59. The summed E-state index contributed by atoms with van der Waals surface area (Å²) < 4.78 is 5.07. The standard InChI is InChI=1S/C8H15O/c1-2-3-4-5-6-8-7-9-8/h4,8H,2-3,5-7H2,1H3. The van der Waals surface area contributed by atoms with E-state index in [0.717, 1.165) is 6.61 Å². The van der Waals surface area contributed by atoms with Crippen LogP contribution in [0, 0.1) is 6.42 Å². The van der Waals surface area contributed by atoms with Gasteiger partial charge in [-0.3, -0.25) is 0 Å². The van der Waals surface area contributed by atoms with Crippen molar-refractivity contribution in [3.05, 3.63) is 6.42 Å². The second-order valence-corrected chi connectivity index (χ2v) is 2.61. The van der Waals surface area contributed by atoms with E-state index < -0.39 is 0 Å². The van der Waals surface area contributed by atoms with Gasteiger partial charge in [0.05, 0.1) is 12.7 Å². The number of unbranched alkanes of at least 4 members (excludes halogenated alkanes) is 3. The summed E-state index contributed by atoms with van der Waals surface area (Å²) in [5, 5.41) is 0. The third-order valence-electron chi connectivity index (χ3n) is 1.59. The first-order valence-corrected chi connectivity index (χ1v) is 3.86. The molecule has 0 aliphatic carbocycles. The molecule has 0 aromatic carbocycles. The molecule has 1 rings (SSSR count). The summed E-state index contributed by atoms with van der Waals surface area (Å²) in [7, 11) is 0. The molecule has 1 unspecified atom stereocenters. The molecule has 0 amide bonds. The molecule has 53 valence electrons. The van der Waals surface area contributed by atoms with Crippen LogP contribution in [0.25, 0.3) is 0 Å². The normalized spacial score (nSPS) is 24.3. The maximum absolute atomic E-state index is 5.07. The summed E-state index contributed by atoms with van der Waals surface area (Å²) in [5.74, 6) is 0. The topological polar surface area (TPSA) is 12.5 Å². The molecule has 1 nitrogen and oxygen atoms in total. The Morgan fingerprint density at radius 2 is 2.33 bits per heavy atom. The quantitative estimate of drug-likeness (QED) is 0.407. The summed E-state index contributed by atoms with van der Waals surface area (Å²) in [6.45, 7) is 3.23. The van der Waals surface area contributed by atoms with E-state index in [9.17, 15) is 0 Å². The zero-order chi connectivity index (χ0) is 6.53. The van der Waals surface area contributed by atoms with E-state index in [2.05, 4.69) is 13.3 Å². The van der Waals surface area contributed by atoms with Gasteiger partial charge in [-0.1, -0.05) is 19.8 Å². The molecule has 0 aromatic rings. The molecule has 1 heteroatoms. The smallest absolute Gasteiger partial charge is 0.0810 e. The van der Waals surface area contributed by atoms with Crippen molar-refractivity contribution in [2.24, 2.45) is 0 Å². The number of epoxide rings is 1. The van der Waals surface area contributed by atoms with Gasteiger partial charge in [0.15, 0.2) is 0 Å². The highest BCUT2D eigenvalue weighted by atomic mass is 16.6. The minimum absolute atomic E-state index is 0.623. The average Bonchev–Trinajstić information content (AvgIpc) is 2.63. The van der Waals surface area contributed by atoms with E-state index in [1.165, 1.54) is 25.7 Å². The molecule has 0 N–H and O–H groups in total. The van der Waals surface area contributed by atoms with Crippen molar-refractivity contribution in [1.29, 1.82) is 0 Å². The molecule has 1 aliphatic rings. The maximum atomic E-state index is 5.07. The highest BCUT2D eigenvalue weighted by molar-refractivity contribution is 4.73. The maximum Gasteiger partial charge on any atom is 0.0810 e. The first-order chi connectivity index (χ1) is 4.43. The van der Waals surface area contributed by atoms with Crippen molar-refractivity contribution in [2.45, 2.75) is 38.7 Å². The fourth-order valence-corrected chi connectivity index (χ4v) is 0.887. The van der Waals surface area contributed by atoms with Crippen LogP contribution in [0.5, 0.6) is 0 Å². The van der Waals surface area contributed by atoms with E-state index in [4.69, 9.17) is 4.74 Å². The monoisotopic (exact) mass is 127 g/mol. The molecule has 0 spiro atoms. The highest BCUT2D eigenvalue weighted by Gasteiger charge is 2.20. The molecule has 1 saturated heterocycles. The van der Waals surface area contributed by atoms with Gasteiger partial charge in [-0.25, -0.2) is 0 Å². The van der Waals surface area contributed by atoms with Gasteiger partial charge in [0.1, 0.15) is 0 Å². The fourth-order valence-electron chi connectivity index (χ4n) is 0.887. The molecule has 1 radical (unpaired) electrons. The molecule has 0 saturated carbocycles. The van der Waals surface area contributed by atoms with Crippen molar-refractivity contribution in [3.63, 3.8) is 0 Å². The fraction of sp³-hybridized carbons (Fsp3) is 0.875. The Morgan fingerprint density at radius 1 is 1.56 bits per heavy atom. The Balaban J connectivity index is 1.71. The van der Waals surface area contributed by atoms with Crippen LogP contribution in [-0.4, -0.2) is 12.7 Å². The lowest BCUT2D eigenvalue weighted by Gasteiger charge is -1.93. The van der Waals surface area contributed by atoms with Gasteiger partial charge >= 0.3 is 0 Å². The summed E-state index contributed by atoms with van der Waals surface area (Å²) in [5.41, 5.74) is 0. The number of ether oxygens (including phenoxy) is 1. The molecule has 9 heavy (non-hydrogen) atoms. The van der Waals surface area contributed by atoms with Crippen molar-refractivity contribution in [2.75, 3.05) is 6.61 Å². The van der Waals surface area contributed by atoms with E-state index in [-0.39, 0.29) is 0 Å². The Kier molecular flexibility index (Phi) is 3.05. The molecule has 1 aliphatic heterocycles. The SMILES string of the molecule is CCC[CH]CCC1CO1. The first kappa shape index (κ1) is 7.07. The second-order valence-electron chi connectivity index (χ2n) is 2.61. The van der Waals surface area contributed by atoms with Gasteiger partial charge in [0, 0.05) is 0 Å². The van der Waals surface area contributed by atoms with Gasteiger partial charge in [-0.2, -0.15) is 0 Å². The minimum atomic E-state index is 0.623. The van der Waals surface area contributed by atoms with Crippen molar-refractivity contribution < 1.29 is 4.74 Å². The molecule has 1 heterocycles. The van der Waals surface area contributed by atoms with E-state index in [0.29, 0.717) is 6.10 Å². The minimum Gasteiger partial charge on any atom is -0.373 e. The zero-order valence-electron chi connectivity index (χ0n) is 6.10. The predicted octanol–water partition coefficient (Wildman–Crippen LogP) is 2.17. The number of hydrogen-bond acceptors (Lipinski definition) is 1. The molecular formula is C8H15O. The van der Waals surface area contributed by atoms with Gasteiger partial charge in [0.25, 0.3) is 0 Å². The van der Waals surface area contributed by atoms with E-state index >= 15 is 0 Å². The largest absolute Gasteiger partial charge is 0.373 e. The van der Waals surface area contributed by atoms with E-state index in [1.807, 2.05) is 0 Å². The Labute approximate surface area is 57.4 Å². The van der Waals surface area contributed by atoms with Crippen LogP contribution in [0.1, 0.15) is 32.6 Å². The molecular weight excluding hydrogens is 112 g/mol. The summed E-state index contributed by atoms with van der Waals surface area (Å²) in [6, 6.07) is 0. The lowest BCUT2D eigenvalue weighted by atomic mass is 10.1. The Morgan fingerprint density at radius 3 is 2.89 bits per heavy atom. The van der Waals surface area contributed by atoms with Crippen LogP contribution < -0.4 is 0 Å². The summed E-state index contributed by atoms with van der Waals surface area (Å²) in [4.78, 5) is 0. The van der Waals surface area contributed by atoms with Crippen LogP contribution in [0.2, 0.25) is 0 Å². The van der Waals surface area contributed by atoms with Gasteiger partial charge < -0.3 is 4.74 Å². The highest BCUT2D eigenvalue weighted by Crippen LogP contribution is 2.16. The van der Waals surface area contributed by atoms with Crippen LogP contribution in [0.15, 0.2) is 0 Å². The molecule has 1 fully saturated rings. The van der Waals surface area contributed by atoms with Crippen molar-refractivity contribution in [3.8, 4) is 0 Å². The lowest BCUT2D eigenvalue weighted by molar-refractivity contribution is 0.395. The van der Waals surface area contributed by atoms with Crippen LogP contribution >= 0.6 is 0 Å². The average molecular weight is 127 g/mol. The van der Waals surface area contributed by atoms with Gasteiger partial charge in [-0.15, -0.1) is 0 Å². The third kappa shape index (κ3) is 3.52. The Bertz CT molecular complexity index is 67.0. The summed E-state index contributed by atoms with van der Waals surface area (Å²) in [6.07, 6.45) is 8.04. The van der Waals surface area contributed by atoms with Crippen LogP contribution in [0.3, 0.4) is 0 Å². The first-order valence-electron chi connectivity index (χ1n) is 3.86. The summed E-state index contributed by atoms with van der Waals surface area (Å²) >= 11 is 0. The molecule has 0 bridgehead atoms. The Hall–Kier alpha value is -0.0400. The second kappa shape index (κ2) is 3.89. The van der Waals surface area contributed by atoms with Crippen LogP contribution in [-0.2, 0) is 4.74 Å². The number of rotatable bonds is 5. The number of hydrogen-bond donors (Lipinski definition) is 0. The molecule has 1 atom stereocenters. The predicted molar refractivity (Wildman–Crippen MR) is 38.2 cm³/mol. The van der Waals surface area contributed by atoms with E-state index in [1.54, 1.807) is 0 Å². The van der Waals surface area contributed by atoms with Crippen molar-refractivity contribution >= 4 is 0 Å².